The average Bonchev–Trinajstić information content (AvgIpc) is 2.15. The van der Waals surface area contributed by atoms with Gasteiger partial charge in [0, 0.05) is 0 Å². The van der Waals surface area contributed by atoms with Crippen molar-refractivity contribution in [2.45, 2.75) is 58.4 Å². The molecule has 1 atom stereocenters. The van der Waals surface area contributed by atoms with Crippen LogP contribution in [-0.4, -0.2) is 30.9 Å². The van der Waals surface area contributed by atoms with E-state index in [0.717, 1.165) is 12.8 Å². The van der Waals surface area contributed by atoms with E-state index in [1.54, 1.807) is 0 Å². The van der Waals surface area contributed by atoms with Gasteiger partial charge >= 0.3 is 0 Å². The summed E-state index contributed by atoms with van der Waals surface area (Å²) in [5, 5.41) is 16.4. The number of hydrogen-bond acceptors (Lipinski definition) is 2. The second-order valence-corrected chi connectivity index (χ2v) is 9.39. The first-order valence-corrected chi connectivity index (χ1v) is 9.16. The maximum absolute atomic E-state index is 9.49. The van der Waals surface area contributed by atoms with E-state index in [0.29, 0.717) is 0 Å². The third-order valence-corrected chi connectivity index (χ3v) is 2.59. The van der Waals surface area contributed by atoms with Gasteiger partial charge in [0.1, 0.15) is 14.2 Å². The smallest absolute Gasteiger partial charge is 0.290 e. The summed E-state index contributed by atoms with van der Waals surface area (Å²) in [6.45, 7) is 8.50. The molecule has 3 nitrogen and oxygen atoms in total. The van der Waals surface area contributed by atoms with Gasteiger partial charge in [0.2, 0.25) is 0 Å². The number of rotatable bonds is 4. The van der Waals surface area contributed by atoms with Gasteiger partial charge < -0.3 is 10.2 Å². The Kier molecular flexibility index (Phi) is 11.8. The first kappa shape index (κ1) is 17.6. The lowest BCUT2D eigenvalue weighted by atomic mass is 10.1. The standard InChI is InChI=1S/C11H22OSi.CH2O2/c1-5-6-7-8-11(12)9-10-13(2,3)4;2-1-3/h11-12H,5-8H2,1-4H3;1H,(H,2,3)/t11-;/m1./s1. The van der Waals surface area contributed by atoms with Gasteiger partial charge in [-0.2, -0.15) is 0 Å². The Morgan fingerprint density at radius 2 is 1.81 bits per heavy atom. The molecule has 0 radical (unpaired) electrons. The lowest BCUT2D eigenvalue weighted by Gasteiger charge is -2.06. The Morgan fingerprint density at radius 3 is 2.19 bits per heavy atom. The second-order valence-electron chi connectivity index (χ2n) is 4.64. The summed E-state index contributed by atoms with van der Waals surface area (Å²) in [4.78, 5) is 8.36. The third-order valence-electron chi connectivity index (χ3n) is 1.69. The second kappa shape index (κ2) is 10.7. The van der Waals surface area contributed by atoms with Crippen molar-refractivity contribution >= 4 is 14.5 Å². The largest absolute Gasteiger partial charge is 0.483 e. The van der Waals surface area contributed by atoms with Crippen molar-refractivity contribution in [3.05, 3.63) is 0 Å². The number of carboxylic acid groups (broad SMARTS) is 1. The molecule has 0 rings (SSSR count). The first-order chi connectivity index (χ1) is 7.37. The summed E-state index contributed by atoms with van der Waals surface area (Å²) in [6, 6.07) is 0. The van der Waals surface area contributed by atoms with Crippen LogP contribution >= 0.6 is 0 Å². The number of hydrogen-bond donors (Lipinski definition) is 2. The lowest BCUT2D eigenvalue weighted by Crippen LogP contribution is -2.17. The van der Waals surface area contributed by atoms with E-state index in [9.17, 15) is 5.11 Å². The molecule has 0 aromatic rings. The van der Waals surface area contributed by atoms with Crippen molar-refractivity contribution in [3.63, 3.8) is 0 Å². The highest BCUT2D eigenvalue weighted by Crippen LogP contribution is 2.03. The van der Waals surface area contributed by atoms with Crippen LogP contribution in [-0.2, 0) is 4.79 Å². The molecule has 94 valence electrons. The van der Waals surface area contributed by atoms with Gasteiger partial charge in [-0.15, -0.1) is 5.54 Å². The highest BCUT2D eigenvalue weighted by atomic mass is 28.3. The highest BCUT2D eigenvalue weighted by Gasteiger charge is 2.08. The zero-order valence-corrected chi connectivity index (χ0v) is 11.8. The minimum atomic E-state index is -1.29. The fraction of sp³-hybridized carbons (Fsp3) is 0.750. The predicted octanol–water partition coefficient (Wildman–Crippen LogP) is 2.51. The molecular weight excluding hydrogens is 220 g/mol. The Balaban J connectivity index is 0. The van der Waals surface area contributed by atoms with E-state index >= 15 is 0 Å². The van der Waals surface area contributed by atoms with Gasteiger partial charge in [-0.3, -0.25) is 4.79 Å². The number of carbonyl (C=O) groups is 1. The number of aliphatic hydroxyl groups excluding tert-OH is 1. The van der Waals surface area contributed by atoms with Crippen LogP contribution in [0, 0.1) is 11.5 Å². The molecule has 0 unspecified atom stereocenters. The molecule has 0 saturated carbocycles. The number of unbranched alkanes of at least 4 members (excludes halogenated alkanes) is 2. The maximum Gasteiger partial charge on any atom is 0.290 e. The SMILES string of the molecule is CCCCC[C@@H](O)C#C[Si](C)(C)C.O=CO. The van der Waals surface area contributed by atoms with Crippen LogP contribution in [0.4, 0.5) is 0 Å². The fourth-order valence-corrected chi connectivity index (χ4v) is 1.56. The molecule has 0 bridgehead atoms. The van der Waals surface area contributed by atoms with E-state index in [1.165, 1.54) is 12.8 Å². The number of aliphatic hydroxyl groups is 1. The van der Waals surface area contributed by atoms with Gasteiger partial charge in [-0.05, 0) is 12.8 Å². The molecule has 0 spiro atoms. The summed E-state index contributed by atoms with van der Waals surface area (Å²) in [5.41, 5.74) is 3.19. The molecule has 16 heavy (non-hydrogen) atoms. The van der Waals surface area contributed by atoms with Gasteiger partial charge in [0.15, 0.2) is 0 Å². The van der Waals surface area contributed by atoms with E-state index in [2.05, 4.69) is 38.0 Å². The fourth-order valence-electron chi connectivity index (χ4n) is 0.960. The normalized spacial score (nSPS) is 11.6. The maximum atomic E-state index is 9.49. The van der Waals surface area contributed by atoms with Crippen LogP contribution < -0.4 is 0 Å². The summed E-state index contributed by atoms with van der Waals surface area (Å²) in [5.74, 6) is 2.95. The average molecular weight is 244 g/mol. The van der Waals surface area contributed by atoms with E-state index in [1.807, 2.05) is 0 Å². The van der Waals surface area contributed by atoms with Crippen LogP contribution in [0.2, 0.25) is 19.6 Å². The van der Waals surface area contributed by atoms with Gasteiger partial charge in [0.05, 0.1) is 0 Å². The Labute approximate surface area is 99.9 Å². The molecular formula is C12H24O3Si. The molecule has 0 heterocycles. The Morgan fingerprint density at radius 1 is 1.31 bits per heavy atom. The van der Waals surface area contributed by atoms with Gasteiger partial charge in [-0.1, -0.05) is 45.3 Å². The van der Waals surface area contributed by atoms with Crippen LogP contribution in [0.15, 0.2) is 0 Å². The summed E-state index contributed by atoms with van der Waals surface area (Å²) < 4.78 is 0. The topological polar surface area (TPSA) is 57.5 Å². The summed E-state index contributed by atoms with van der Waals surface area (Å²) >= 11 is 0. The molecule has 4 heteroatoms. The van der Waals surface area contributed by atoms with Crippen molar-refractivity contribution in [2.75, 3.05) is 0 Å². The molecule has 0 amide bonds. The van der Waals surface area contributed by atoms with Crippen LogP contribution in [0.5, 0.6) is 0 Å². The van der Waals surface area contributed by atoms with Crippen LogP contribution in [0.3, 0.4) is 0 Å². The monoisotopic (exact) mass is 244 g/mol. The van der Waals surface area contributed by atoms with E-state index in [4.69, 9.17) is 9.90 Å². The van der Waals surface area contributed by atoms with E-state index in [-0.39, 0.29) is 6.47 Å². The predicted molar refractivity (Wildman–Crippen MR) is 70.0 cm³/mol. The molecule has 0 aliphatic carbocycles. The van der Waals surface area contributed by atoms with Crippen molar-refractivity contribution in [1.82, 2.24) is 0 Å². The zero-order chi connectivity index (χ0) is 13.0. The van der Waals surface area contributed by atoms with Crippen LogP contribution in [0.1, 0.15) is 32.6 Å². The van der Waals surface area contributed by atoms with Crippen molar-refractivity contribution in [2.24, 2.45) is 0 Å². The molecule has 0 aromatic carbocycles. The zero-order valence-electron chi connectivity index (χ0n) is 10.8. The molecule has 0 aliphatic heterocycles. The van der Waals surface area contributed by atoms with Crippen molar-refractivity contribution < 1.29 is 15.0 Å². The van der Waals surface area contributed by atoms with Gasteiger partial charge in [0.25, 0.3) is 6.47 Å². The lowest BCUT2D eigenvalue weighted by molar-refractivity contribution is -0.122. The quantitative estimate of drug-likeness (QED) is 0.346. The first-order valence-electron chi connectivity index (χ1n) is 5.66. The highest BCUT2D eigenvalue weighted by molar-refractivity contribution is 6.83. The third kappa shape index (κ3) is 18.9. The molecule has 0 aromatic heterocycles. The minimum Gasteiger partial charge on any atom is -0.483 e. The Hall–Kier alpha value is -0.793. The molecule has 0 saturated heterocycles. The summed E-state index contributed by atoms with van der Waals surface area (Å²) in [6.07, 6.45) is 3.95. The Bertz CT molecular complexity index is 223. The van der Waals surface area contributed by atoms with Crippen LogP contribution in [0.25, 0.3) is 0 Å². The van der Waals surface area contributed by atoms with Crippen molar-refractivity contribution in [1.29, 1.82) is 0 Å². The molecule has 0 fully saturated rings. The van der Waals surface area contributed by atoms with Crippen molar-refractivity contribution in [3.8, 4) is 11.5 Å². The minimum absolute atomic E-state index is 0.250. The molecule has 0 aliphatic rings. The molecule has 2 N–H and O–H groups in total. The summed E-state index contributed by atoms with van der Waals surface area (Å²) in [7, 11) is -1.29. The van der Waals surface area contributed by atoms with E-state index < -0.39 is 14.2 Å². The van der Waals surface area contributed by atoms with Gasteiger partial charge in [-0.25, -0.2) is 0 Å².